The summed E-state index contributed by atoms with van der Waals surface area (Å²) in [6, 6.07) is 9.74. The number of fused-ring (bicyclic) bond motifs is 1. The number of phenols is 1. The van der Waals surface area contributed by atoms with E-state index < -0.39 is 6.03 Å². The van der Waals surface area contributed by atoms with Gasteiger partial charge in [-0.3, -0.25) is 9.36 Å². The molecule has 27 heavy (non-hydrogen) atoms. The summed E-state index contributed by atoms with van der Waals surface area (Å²) < 4.78 is 1.41. The maximum absolute atomic E-state index is 12.9. The highest BCUT2D eigenvalue weighted by atomic mass is 16.3. The van der Waals surface area contributed by atoms with E-state index in [4.69, 9.17) is 0 Å². The van der Waals surface area contributed by atoms with E-state index in [1.54, 1.807) is 43.6 Å². The molecule has 0 aliphatic rings. The number of pyridine rings is 2. The number of anilines is 1. The molecule has 0 bridgehead atoms. The van der Waals surface area contributed by atoms with E-state index in [9.17, 15) is 14.7 Å². The average molecular weight is 366 g/mol. The van der Waals surface area contributed by atoms with E-state index in [2.05, 4.69) is 15.6 Å². The molecular formula is C20H22N4O3. The number of benzene rings is 1. The summed E-state index contributed by atoms with van der Waals surface area (Å²) in [4.78, 5) is 29.6. The molecule has 7 heteroatoms. The standard InChI is InChI=1S/C20H22N4O3/c1-3-4-10-22-20(27)23-17-16(13-7-5-8-14(25)12-13)15-9-6-11-21-18(15)24(2)19(17)26/h5-9,11-12,25H,3-4,10H2,1-2H3,(H2,22,23,27). The quantitative estimate of drug-likeness (QED) is 0.604. The minimum atomic E-state index is -0.440. The number of hydrogen-bond donors (Lipinski definition) is 3. The number of amides is 2. The van der Waals surface area contributed by atoms with Gasteiger partial charge in [-0.2, -0.15) is 0 Å². The fourth-order valence-corrected chi connectivity index (χ4v) is 2.98. The van der Waals surface area contributed by atoms with Crippen molar-refractivity contribution in [3.63, 3.8) is 0 Å². The molecule has 2 heterocycles. The molecule has 0 fully saturated rings. The largest absolute Gasteiger partial charge is 0.508 e. The number of aromatic nitrogens is 2. The molecule has 2 amide bonds. The molecule has 0 unspecified atom stereocenters. The van der Waals surface area contributed by atoms with E-state index in [1.165, 1.54) is 4.57 Å². The zero-order valence-corrected chi connectivity index (χ0v) is 15.3. The number of nitrogens with zero attached hydrogens (tertiary/aromatic N) is 2. The molecule has 0 radical (unpaired) electrons. The zero-order valence-electron chi connectivity index (χ0n) is 15.3. The first-order chi connectivity index (χ1) is 13.0. The number of phenolic OH excluding ortho intramolecular Hbond substituents is 1. The number of unbranched alkanes of at least 4 members (excludes halogenated alkanes) is 1. The van der Waals surface area contributed by atoms with E-state index in [0.29, 0.717) is 28.7 Å². The Bertz CT molecular complexity index is 1040. The molecule has 0 aliphatic carbocycles. The summed E-state index contributed by atoms with van der Waals surface area (Å²) >= 11 is 0. The molecule has 7 nitrogen and oxygen atoms in total. The average Bonchev–Trinajstić information content (AvgIpc) is 2.66. The smallest absolute Gasteiger partial charge is 0.319 e. The van der Waals surface area contributed by atoms with Gasteiger partial charge in [0, 0.05) is 30.7 Å². The molecule has 3 aromatic rings. The first-order valence-corrected chi connectivity index (χ1v) is 8.85. The number of aryl methyl sites for hydroxylation is 1. The van der Waals surface area contributed by atoms with Gasteiger partial charge in [0.15, 0.2) is 0 Å². The van der Waals surface area contributed by atoms with Crippen molar-refractivity contribution < 1.29 is 9.90 Å². The van der Waals surface area contributed by atoms with Gasteiger partial charge >= 0.3 is 6.03 Å². The van der Waals surface area contributed by atoms with Crippen LogP contribution in [0.5, 0.6) is 5.75 Å². The van der Waals surface area contributed by atoms with Gasteiger partial charge in [-0.15, -0.1) is 0 Å². The maximum atomic E-state index is 12.9. The van der Waals surface area contributed by atoms with Gasteiger partial charge in [0.2, 0.25) is 0 Å². The van der Waals surface area contributed by atoms with Gasteiger partial charge in [0.25, 0.3) is 5.56 Å². The van der Waals surface area contributed by atoms with Crippen molar-refractivity contribution in [3.05, 3.63) is 52.9 Å². The maximum Gasteiger partial charge on any atom is 0.319 e. The summed E-state index contributed by atoms with van der Waals surface area (Å²) in [7, 11) is 1.62. The highest BCUT2D eigenvalue weighted by molar-refractivity contribution is 6.04. The van der Waals surface area contributed by atoms with Crippen molar-refractivity contribution in [2.24, 2.45) is 7.05 Å². The fourth-order valence-electron chi connectivity index (χ4n) is 2.98. The van der Waals surface area contributed by atoms with Gasteiger partial charge in [-0.05, 0) is 36.2 Å². The molecule has 3 N–H and O–H groups in total. The van der Waals surface area contributed by atoms with Crippen molar-refractivity contribution in [1.82, 2.24) is 14.9 Å². The predicted octanol–water partition coefficient (Wildman–Crippen LogP) is 3.23. The Morgan fingerprint density at radius 3 is 2.81 bits per heavy atom. The molecule has 0 aliphatic heterocycles. The Kier molecular flexibility index (Phi) is 5.40. The fraction of sp³-hybridized carbons (Fsp3) is 0.250. The van der Waals surface area contributed by atoms with Crippen molar-refractivity contribution >= 4 is 22.8 Å². The Balaban J connectivity index is 2.19. The lowest BCUT2D eigenvalue weighted by molar-refractivity contribution is 0.252. The lowest BCUT2D eigenvalue weighted by Crippen LogP contribution is -2.33. The lowest BCUT2D eigenvalue weighted by atomic mass is 10.0. The minimum absolute atomic E-state index is 0.0727. The minimum Gasteiger partial charge on any atom is -0.508 e. The first kappa shape index (κ1) is 18.4. The van der Waals surface area contributed by atoms with Crippen molar-refractivity contribution in [1.29, 1.82) is 0 Å². The first-order valence-electron chi connectivity index (χ1n) is 8.85. The second kappa shape index (κ2) is 7.90. The van der Waals surface area contributed by atoms with Crippen LogP contribution in [-0.4, -0.2) is 27.2 Å². The molecule has 0 saturated carbocycles. The number of nitrogens with one attached hydrogen (secondary N) is 2. The molecular weight excluding hydrogens is 344 g/mol. The van der Waals surface area contributed by atoms with Crippen LogP contribution in [-0.2, 0) is 7.05 Å². The van der Waals surface area contributed by atoms with Crippen LogP contribution >= 0.6 is 0 Å². The summed E-state index contributed by atoms with van der Waals surface area (Å²) in [5.41, 5.74) is 1.43. The van der Waals surface area contributed by atoms with Crippen LogP contribution in [0.1, 0.15) is 19.8 Å². The summed E-state index contributed by atoms with van der Waals surface area (Å²) in [5.74, 6) is 0.0727. The molecule has 2 aromatic heterocycles. The Hall–Kier alpha value is -3.35. The van der Waals surface area contributed by atoms with Gasteiger partial charge < -0.3 is 15.7 Å². The SMILES string of the molecule is CCCCNC(=O)Nc1c(-c2cccc(O)c2)c2cccnc2n(C)c1=O. The number of rotatable bonds is 5. The lowest BCUT2D eigenvalue weighted by Gasteiger charge is -2.16. The van der Waals surface area contributed by atoms with Crippen LogP contribution in [0.3, 0.4) is 0 Å². The Labute approximate surface area is 156 Å². The van der Waals surface area contributed by atoms with Crippen LogP contribution in [0.15, 0.2) is 47.4 Å². The second-order valence-electron chi connectivity index (χ2n) is 6.27. The molecule has 0 saturated heterocycles. The van der Waals surface area contributed by atoms with Crippen LogP contribution < -0.4 is 16.2 Å². The van der Waals surface area contributed by atoms with Crippen molar-refractivity contribution in [2.75, 3.05) is 11.9 Å². The van der Waals surface area contributed by atoms with Gasteiger partial charge in [0.05, 0.1) is 0 Å². The number of aromatic hydroxyl groups is 1. The number of urea groups is 1. The normalized spacial score (nSPS) is 10.7. The van der Waals surface area contributed by atoms with Gasteiger partial charge in [0.1, 0.15) is 17.1 Å². The van der Waals surface area contributed by atoms with Crippen LogP contribution in [0.2, 0.25) is 0 Å². The van der Waals surface area contributed by atoms with Gasteiger partial charge in [-0.25, -0.2) is 9.78 Å². The van der Waals surface area contributed by atoms with E-state index in [-0.39, 0.29) is 17.0 Å². The van der Waals surface area contributed by atoms with Crippen LogP contribution in [0, 0.1) is 0 Å². The van der Waals surface area contributed by atoms with E-state index in [1.807, 2.05) is 13.0 Å². The molecule has 0 atom stereocenters. The molecule has 3 rings (SSSR count). The number of carbonyl (C=O) groups excluding carboxylic acids is 1. The predicted molar refractivity (Wildman–Crippen MR) is 106 cm³/mol. The third-order valence-corrected chi connectivity index (χ3v) is 4.33. The van der Waals surface area contributed by atoms with E-state index >= 15 is 0 Å². The monoisotopic (exact) mass is 366 g/mol. The highest BCUT2D eigenvalue weighted by Gasteiger charge is 2.19. The summed E-state index contributed by atoms with van der Waals surface area (Å²) in [6.45, 7) is 2.56. The topological polar surface area (TPSA) is 96.2 Å². The number of hydrogen-bond acceptors (Lipinski definition) is 4. The molecule has 1 aromatic carbocycles. The summed E-state index contributed by atoms with van der Waals surface area (Å²) in [5, 5.41) is 16.0. The zero-order chi connectivity index (χ0) is 19.4. The molecule has 140 valence electrons. The van der Waals surface area contributed by atoms with Crippen LogP contribution in [0.25, 0.3) is 22.2 Å². The highest BCUT2D eigenvalue weighted by Crippen LogP contribution is 2.33. The third kappa shape index (κ3) is 3.76. The second-order valence-corrected chi connectivity index (χ2v) is 6.27. The van der Waals surface area contributed by atoms with Crippen molar-refractivity contribution in [3.8, 4) is 16.9 Å². The summed E-state index contributed by atoms with van der Waals surface area (Å²) in [6.07, 6.45) is 3.42. The molecule has 0 spiro atoms. The van der Waals surface area contributed by atoms with E-state index in [0.717, 1.165) is 12.8 Å². The number of carbonyl (C=O) groups is 1. The Morgan fingerprint density at radius 2 is 2.07 bits per heavy atom. The van der Waals surface area contributed by atoms with Crippen molar-refractivity contribution in [2.45, 2.75) is 19.8 Å². The Morgan fingerprint density at radius 1 is 1.26 bits per heavy atom. The van der Waals surface area contributed by atoms with Gasteiger partial charge in [-0.1, -0.05) is 25.5 Å². The van der Waals surface area contributed by atoms with Crippen LogP contribution in [0.4, 0.5) is 10.5 Å². The third-order valence-electron chi connectivity index (χ3n) is 4.33.